The third kappa shape index (κ3) is 4.65. The molecule has 0 bridgehead atoms. The highest BCUT2D eigenvalue weighted by Crippen LogP contribution is 2.27. The molecule has 23 heavy (non-hydrogen) atoms. The van der Waals surface area contributed by atoms with Crippen LogP contribution in [0.3, 0.4) is 0 Å². The Labute approximate surface area is 135 Å². The topological polar surface area (TPSA) is 46.6 Å². The average Bonchev–Trinajstić information content (AvgIpc) is 2.58. The monoisotopic (exact) mass is 319 g/mol. The number of anilines is 1. The van der Waals surface area contributed by atoms with Gasteiger partial charge in [-0.1, -0.05) is 19.3 Å². The number of hydrogen-bond acceptors (Lipinski definition) is 3. The summed E-state index contributed by atoms with van der Waals surface area (Å²) >= 11 is 0. The van der Waals surface area contributed by atoms with E-state index < -0.39 is 11.8 Å². The van der Waals surface area contributed by atoms with E-state index in [1.54, 1.807) is 13.1 Å². The molecule has 0 aliphatic heterocycles. The van der Waals surface area contributed by atoms with Crippen LogP contribution in [0.4, 0.5) is 10.1 Å². The van der Waals surface area contributed by atoms with Crippen LogP contribution in [-0.4, -0.2) is 26.0 Å². The van der Waals surface area contributed by atoms with Gasteiger partial charge in [-0.15, -0.1) is 0 Å². The van der Waals surface area contributed by atoms with E-state index in [2.05, 4.69) is 4.74 Å². The Hall–Kier alpha value is -2.17. The van der Waals surface area contributed by atoms with Gasteiger partial charge in [-0.05, 0) is 42.7 Å². The van der Waals surface area contributed by atoms with Crippen LogP contribution in [0.2, 0.25) is 0 Å². The van der Waals surface area contributed by atoms with Crippen molar-refractivity contribution in [2.75, 3.05) is 19.1 Å². The van der Waals surface area contributed by atoms with E-state index in [1.807, 2.05) is 0 Å². The Morgan fingerprint density at radius 2 is 1.91 bits per heavy atom. The van der Waals surface area contributed by atoms with Crippen molar-refractivity contribution in [3.63, 3.8) is 0 Å². The minimum atomic E-state index is -0.512. The van der Waals surface area contributed by atoms with Gasteiger partial charge in [0.05, 0.1) is 7.11 Å². The molecule has 5 heteroatoms. The van der Waals surface area contributed by atoms with Gasteiger partial charge in [0, 0.05) is 24.7 Å². The molecule has 0 N–H and O–H groups in total. The molecule has 0 aromatic heterocycles. The second-order valence-corrected chi connectivity index (χ2v) is 5.83. The molecule has 1 fully saturated rings. The van der Waals surface area contributed by atoms with Crippen molar-refractivity contribution in [2.45, 2.75) is 32.1 Å². The van der Waals surface area contributed by atoms with Crippen molar-refractivity contribution >= 4 is 23.6 Å². The van der Waals surface area contributed by atoms with Crippen molar-refractivity contribution in [3.05, 3.63) is 35.7 Å². The Kier molecular flexibility index (Phi) is 5.90. The second-order valence-electron chi connectivity index (χ2n) is 5.83. The molecule has 0 spiro atoms. The molecule has 1 saturated carbocycles. The van der Waals surface area contributed by atoms with Crippen LogP contribution in [0.25, 0.3) is 6.08 Å². The molecule has 0 saturated heterocycles. The number of esters is 1. The van der Waals surface area contributed by atoms with Gasteiger partial charge in [0.2, 0.25) is 5.91 Å². The third-order valence-electron chi connectivity index (χ3n) is 4.19. The van der Waals surface area contributed by atoms with Gasteiger partial charge in [-0.2, -0.15) is 0 Å². The first-order chi connectivity index (χ1) is 11.0. The Morgan fingerprint density at radius 1 is 1.22 bits per heavy atom. The average molecular weight is 319 g/mol. The van der Waals surface area contributed by atoms with Gasteiger partial charge >= 0.3 is 5.97 Å². The molecular weight excluding hydrogens is 297 g/mol. The van der Waals surface area contributed by atoms with E-state index in [-0.39, 0.29) is 11.8 Å². The van der Waals surface area contributed by atoms with Gasteiger partial charge in [0.25, 0.3) is 0 Å². The van der Waals surface area contributed by atoms with Crippen LogP contribution < -0.4 is 4.90 Å². The van der Waals surface area contributed by atoms with Crippen molar-refractivity contribution < 1.29 is 18.7 Å². The van der Waals surface area contributed by atoms with Crippen LogP contribution in [0.5, 0.6) is 0 Å². The van der Waals surface area contributed by atoms with E-state index in [9.17, 15) is 14.0 Å². The van der Waals surface area contributed by atoms with Gasteiger partial charge < -0.3 is 9.64 Å². The molecule has 1 aromatic carbocycles. The summed E-state index contributed by atoms with van der Waals surface area (Å²) in [5, 5.41) is 0. The summed E-state index contributed by atoms with van der Waals surface area (Å²) in [6.45, 7) is 0. The Balaban J connectivity index is 2.17. The van der Waals surface area contributed by atoms with Gasteiger partial charge in [-0.3, -0.25) is 4.79 Å². The lowest BCUT2D eigenvalue weighted by atomic mass is 9.88. The largest absolute Gasteiger partial charge is 0.466 e. The highest BCUT2D eigenvalue weighted by molar-refractivity contribution is 5.95. The highest BCUT2D eigenvalue weighted by atomic mass is 19.1. The van der Waals surface area contributed by atoms with E-state index >= 15 is 0 Å². The first kappa shape index (κ1) is 17.2. The van der Waals surface area contributed by atoms with Crippen molar-refractivity contribution in [3.8, 4) is 0 Å². The summed E-state index contributed by atoms with van der Waals surface area (Å²) < 4.78 is 18.3. The zero-order chi connectivity index (χ0) is 16.8. The Morgan fingerprint density at radius 3 is 2.57 bits per heavy atom. The molecule has 0 radical (unpaired) electrons. The number of amides is 1. The Bertz CT molecular complexity index is 606. The smallest absolute Gasteiger partial charge is 0.330 e. The lowest BCUT2D eigenvalue weighted by molar-refractivity contribution is -0.134. The fourth-order valence-electron chi connectivity index (χ4n) is 2.87. The first-order valence-corrected chi connectivity index (χ1v) is 7.85. The molecule has 0 heterocycles. The molecule has 4 nitrogen and oxygen atoms in total. The molecule has 0 unspecified atom stereocenters. The lowest BCUT2D eigenvalue weighted by Gasteiger charge is -2.26. The van der Waals surface area contributed by atoms with Crippen LogP contribution in [0.15, 0.2) is 24.3 Å². The standard InChI is InChI=1S/C18H22FNO3/c1-20(18(22)14-6-4-3-5-7-14)16-11-13(10-15(19)12-16)8-9-17(21)23-2/h8-12,14H,3-7H2,1-2H3/b9-8+. The SMILES string of the molecule is COC(=O)/C=C/c1cc(F)cc(N(C)C(=O)C2CCCCC2)c1. The normalized spacial score (nSPS) is 15.6. The van der Waals surface area contributed by atoms with Crippen LogP contribution in [-0.2, 0) is 14.3 Å². The molecule has 0 atom stereocenters. The summed E-state index contributed by atoms with van der Waals surface area (Å²) in [6, 6.07) is 4.32. The summed E-state index contributed by atoms with van der Waals surface area (Å²) in [6.07, 6.45) is 7.80. The number of rotatable bonds is 4. The predicted molar refractivity (Wildman–Crippen MR) is 87.4 cm³/mol. The number of halogens is 1. The van der Waals surface area contributed by atoms with Gasteiger partial charge in [0.1, 0.15) is 5.82 Å². The summed E-state index contributed by atoms with van der Waals surface area (Å²) in [5.74, 6) is -0.915. The molecule has 2 rings (SSSR count). The number of methoxy groups -OCH3 is 1. The second kappa shape index (κ2) is 7.90. The van der Waals surface area contributed by atoms with Crippen LogP contribution >= 0.6 is 0 Å². The number of hydrogen-bond donors (Lipinski definition) is 0. The molecular formula is C18H22FNO3. The maximum absolute atomic E-state index is 13.8. The summed E-state index contributed by atoms with van der Waals surface area (Å²) in [7, 11) is 2.94. The highest BCUT2D eigenvalue weighted by Gasteiger charge is 2.25. The number of nitrogens with zero attached hydrogens (tertiary/aromatic N) is 1. The van der Waals surface area contributed by atoms with E-state index in [0.29, 0.717) is 11.3 Å². The number of carbonyl (C=O) groups excluding carboxylic acids is 2. The van der Waals surface area contributed by atoms with Gasteiger partial charge in [0.15, 0.2) is 0 Å². The number of ether oxygens (including phenoxy) is 1. The van der Waals surface area contributed by atoms with E-state index in [4.69, 9.17) is 0 Å². The molecule has 124 valence electrons. The summed E-state index contributed by atoms with van der Waals surface area (Å²) in [4.78, 5) is 25.2. The van der Waals surface area contributed by atoms with Crippen molar-refractivity contribution in [2.24, 2.45) is 5.92 Å². The quantitative estimate of drug-likeness (QED) is 0.630. The van der Waals surface area contributed by atoms with E-state index in [1.165, 1.54) is 42.7 Å². The van der Waals surface area contributed by atoms with Crippen molar-refractivity contribution in [1.82, 2.24) is 0 Å². The minimum Gasteiger partial charge on any atom is -0.466 e. The molecule has 1 amide bonds. The maximum Gasteiger partial charge on any atom is 0.330 e. The predicted octanol–water partition coefficient (Wildman–Crippen LogP) is 3.56. The van der Waals surface area contributed by atoms with Crippen molar-refractivity contribution in [1.29, 1.82) is 0 Å². The molecule has 1 aliphatic carbocycles. The lowest BCUT2D eigenvalue weighted by Crippen LogP contribution is -2.34. The summed E-state index contributed by atoms with van der Waals surface area (Å²) in [5.41, 5.74) is 0.999. The fourth-order valence-corrected chi connectivity index (χ4v) is 2.87. The zero-order valence-electron chi connectivity index (χ0n) is 13.5. The minimum absolute atomic E-state index is 0.0195. The van der Waals surface area contributed by atoms with Gasteiger partial charge in [-0.25, -0.2) is 9.18 Å². The first-order valence-electron chi connectivity index (χ1n) is 7.85. The van der Waals surface area contributed by atoms with Crippen LogP contribution in [0, 0.1) is 11.7 Å². The van der Waals surface area contributed by atoms with Crippen LogP contribution in [0.1, 0.15) is 37.7 Å². The zero-order valence-corrected chi connectivity index (χ0v) is 13.5. The number of benzene rings is 1. The number of carbonyl (C=O) groups is 2. The third-order valence-corrected chi connectivity index (χ3v) is 4.19. The molecule has 1 aromatic rings. The maximum atomic E-state index is 13.8. The fraction of sp³-hybridized carbons (Fsp3) is 0.444. The van der Waals surface area contributed by atoms with E-state index in [0.717, 1.165) is 25.7 Å². The molecule has 1 aliphatic rings.